The molecule has 1 unspecified atom stereocenters. The highest BCUT2D eigenvalue weighted by Crippen LogP contribution is 2.67. The van der Waals surface area contributed by atoms with Gasteiger partial charge in [0.15, 0.2) is 0 Å². The number of hydrogen-bond acceptors (Lipinski definition) is 2. The minimum absolute atomic E-state index is 0.0772. The number of Topliss-reactive ketones (excluding diaryl/α,β-unsaturated/α-hetero) is 1. The minimum Gasteiger partial charge on any atom is -0.381 e. The largest absolute Gasteiger partial charge is 0.381 e. The molecule has 2 nitrogen and oxygen atoms in total. The van der Waals surface area contributed by atoms with Crippen LogP contribution in [0.1, 0.15) is 33.1 Å². The first-order valence-electron chi connectivity index (χ1n) is 6.73. The van der Waals surface area contributed by atoms with Crippen molar-refractivity contribution in [2.24, 2.45) is 29.1 Å². The summed E-state index contributed by atoms with van der Waals surface area (Å²) in [7, 11) is 1.75. The first kappa shape index (κ1) is 11.5. The van der Waals surface area contributed by atoms with E-state index in [9.17, 15) is 4.79 Å². The fourth-order valence-electron chi connectivity index (χ4n) is 5.01. The third kappa shape index (κ3) is 1.22. The molecule has 0 spiro atoms. The number of allylic oxidation sites excluding steroid dienone is 1. The topological polar surface area (TPSA) is 26.3 Å². The maximum Gasteiger partial charge on any atom is 0.145 e. The lowest BCUT2D eigenvalue weighted by atomic mass is 9.69. The number of methoxy groups -OCH3 is 1. The van der Waals surface area contributed by atoms with Gasteiger partial charge in [0.2, 0.25) is 0 Å². The van der Waals surface area contributed by atoms with Crippen molar-refractivity contribution in [1.82, 2.24) is 0 Å². The van der Waals surface area contributed by atoms with E-state index in [0.717, 1.165) is 19.3 Å². The molecule has 0 saturated heterocycles. The van der Waals surface area contributed by atoms with Crippen molar-refractivity contribution in [2.75, 3.05) is 7.11 Å². The van der Waals surface area contributed by atoms with Crippen molar-refractivity contribution in [2.45, 2.75) is 39.2 Å². The fourth-order valence-corrected chi connectivity index (χ4v) is 5.01. The molecule has 0 aromatic rings. The molecule has 0 amide bonds. The zero-order valence-corrected chi connectivity index (χ0v) is 11.0. The van der Waals surface area contributed by atoms with Crippen molar-refractivity contribution >= 4 is 5.78 Å². The normalized spacial score (nSPS) is 51.9. The van der Waals surface area contributed by atoms with Gasteiger partial charge < -0.3 is 4.74 Å². The minimum atomic E-state index is -0.0772. The Balaban J connectivity index is 2.03. The first-order valence-corrected chi connectivity index (χ1v) is 6.73. The lowest BCUT2D eigenvalue weighted by molar-refractivity contribution is -0.135. The van der Waals surface area contributed by atoms with E-state index in [1.165, 1.54) is 5.57 Å². The Labute approximate surface area is 103 Å². The number of hydrogen-bond donors (Lipinski definition) is 0. The summed E-state index contributed by atoms with van der Waals surface area (Å²) in [5, 5.41) is 0. The molecule has 0 heterocycles. The van der Waals surface area contributed by atoms with Crippen LogP contribution in [0.2, 0.25) is 0 Å². The second-order valence-corrected chi connectivity index (χ2v) is 6.50. The summed E-state index contributed by atoms with van der Waals surface area (Å²) in [6.07, 6.45) is 3.41. The van der Waals surface area contributed by atoms with Gasteiger partial charge in [-0.3, -0.25) is 4.79 Å². The summed E-state index contributed by atoms with van der Waals surface area (Å²) in [5.41, 5.74) is 1.18. The molecule has 6 atom stereocenters. The lowest BCUT2D eigenvalue weighted by Gasteiger charge is -2.37. The number of carbonyl (C=O) groups excluding carboxylic acids is 1. The molecule has 3 saturated carbocycles. The summed E-state index contributed by atoms with van der Waals surface area (Å²) >= 11 is 0. The van der Waals surface area contributed by atoms with Gasteiger partial charge >= 0.3 is 0 Å². The van der Waals surface area contributed by atoms with Crippen LogP contribution in [0.3, 0.4) is 0 Å². The summed E-state index contributed by atoms with van der Waals surface area (Å²) in [6, 6.07) is 0. The smallest absolute Gasteiger partial charge is 0.145 e. The average Bonchev–Trinajstić information content (AvgIpc) is 2.68. The molecule has 0 aromatic carbocycles. The maximum atomic E-state index is 12.6. The molecule has 3 rings (SSSR count). The lowest BCUT2D eigenvalue weighted by Crippen LogP contribution is -2.41. The zero-order chi connectivity index (χ0) is 12.4. The van der Waals surface area contributed by atoms with E-state index in [2.05, 4.69) is 20.4 Å². The van der Waals surface area contributed by atoms with Crippen molar-refractivity contribution in [1.29, 1.82) is 0 Å². The molecule has 4 bridgehead atoms. The van der Waals surface area contributed by atoms with Crippen LogP contribution in [0.25, 0.3) is 0 Å². The van der Waals surface area contributed by atoms with Crippen LogP contribution in [0.15, 0.2) is 12.2 Å². The molecule has 0 N–H and O–H groups in total. The molecule has 0 aliphatic heterocycles. The van der Waals surface area contributed by atoms with Gasteiger partial charge in [0.05, 0.1) is 6.10 Å². The molecular weight excluding hydrogens is 212 g/mol. The standard InChI is InChI=1S/C15H22O2/c1-8(2)9-7-15(3)10-5-6-11(17-4)13(12(9)10)14(15)16/h9-13H,1,5-7H2,2-4H3/t9-,10+,11?,12-,13+,15+/m0/s1. The average molecular weight is 234 g/mol. The molecule has 3 aliphatic rings. The number of ether oxygens (including phenoxy) is 1. The maximum absolute atomic E-state index is 12.6. The van der Waals surface area contributed by atoms with Gasteiger partial charge in [-0.25, -0.2) is 0 Å². The van der Waals surface area contributed by atoms with Crippen molar-refractivity contribution in [3.05, 3.63) is 12.2 Å². The van der Waals surface area contributed by atoms with Crippen LogP contribution in [-0.4, -0.2) is 19.0 Å². The van der Waals surface area contributed by atoms with Crippen molar-refractivity contribution < 1.29 is 9.53 Å². The highest BCUT2D eigenvalue weighted by Gasteiger charge is 2.68. The Morgan fingerprint density at radius 3 is 2.76 bits per heavy atom. The highest BCUT2D eigenvalue weighted by molar-refractivity contribution is 5.92. The molecule has 0 radical (unpaired) electrons. The molecular formula is C15H22O2. The molecule has 17 heavy (non-hydrogen) atoms. The number of ketones is 1. The molecule has 3 fully saturated rings. The second-order valence-electron chi connectivity index (χ2n) is 6.50. The third-order valence-electron chi connectivity index (χ3n) is 5.77. The fraction of sp³-hybridized carbons (Fsp3) is 0.800. The van der Waals surface area contributed by atoms with Gasteiger partial charge in [-0.1, -0.05) is 19.1 Å². The van der Waals surface area contributed by atoms with E-state index in [1.807, 2.05) is 0 Å². The first-order chi connectivity index (χ1) is 8.00. The van der Waals surface area contributed by atoms with Crippen LogP contribution in [0, 0.1) is 29.1 Å². The van der Waals surface area contributed by atoms with Gasteiger partial charge in [0.1, 0.15) is 5.78 Å². The van der Waals surface area contributed by atoms with E-state index in [4.69, 9.17) is 4.74 Å². The van der Waals surface area contributed by atoms with Crippen molar-refractivity contribution in [3.63, 3.8) is 0 Å². The summed E-state index contributed by atoms with van der Waals surface area (Å²) in [5.74, 6) is 2.29. The monoisotopic (exact) mass is 234 g/mol. The van der Waals surface area contributed by atoms with E-state index >= 15 is 0 Å². The Morgan fingerprint density at radius 2 is 2.18 bits per heavy atom. The van der Waals surface area contributed by atoms with Crippen LogP contribution in [-0.2, 0) is 9.53 Å². The Hall–Kier alpha value is -0.630. The Bertz CT molecular complexity index is 386. The van der Waals surface area contributed by atoms with Gasteiger partial charge in [0.25, 0.3) is 0 Å². The van der Waals surface area contributed by atoms with Crippen LogP contribution in [0.4, 0.5) is 0 Å². The number of rotatable bonds is 2. The van der Waals surface area contributed by atoms with E-state index in [1.54, 1.807) is 7.11 Å². The predicted molar refractivity (Wildman–Crippen MR) is 66.5 cm³/mol. The van der Waals surface area contributed by atoms with Gasteiger partial charge in [0, 0.05) is 18.4 Å². The van der Waals surface area contributed by atoms with Crippen LogP contribution in [0.5, 0.6) is 0 Å². The number of carbonyl (C=O) groups is 1. The second kappa shape index (κ2) is 3.44. The Morgan fingerprint density at radius 1 is 1.47 bits per heavy atom. The zero-order valence-electron chi connectivity index (χ0n) is 11.0. The van der Waals surface area contributed by atoms with Gasteiger partial charge in [-0.2, -0.15) is 0 Å². The molecule has 0 aromatic heterocycles. The van der Waals surface area contributed by atoms with Gasteiger partial charge in [-0.05, 0) is 43.9 Å². The van der Waals surface area contributed by atoms with E-state index in [0.29, 0.717) is 23.5 Å². The van der Waals surface area contributed by atoms with Crippen molar-refractivity contribution in [3.8, 4) is 0 Å². The summed E-state index contributed by atoms with van der Waals surface area (Å²) < 4.78 is 5.57. The van der Waals surface area contributed by atoms with Crippen LogP contribution >= 0.6 is 0 Å². The third-order valence-corrected chi connectivity index (χ3v) is 5.77. The summed E-state index contributed by atoms with van der Waals surface area (Å²) in [6.45, 7) is 8.45. The highest BCUT2D eigenvalue weighted by atomic mass is 16.5. The van der Waals surface area contributed by atoms with E-state index < -0.39 is 0 Å². The molecule has 94 valence electrons. The molecule has 3 aliphatic carbocycles. The molecule has 2 heteroatoms. The summed E-state index contributed by atoms with van der Waals surface area (Å²) in [4.78, 5) is 12.6. The quantitative estimate of drug-likeness (QED) is 0.687. The van der Waals surface area contributed by atoms with Crippen LogP contribution < -0.4 is 0 Å². The predicted octanol–water partition coefficient (Wildman–Crippen LogP) is 2.83. The van der Waals surface area contributed by atoms with E-state index in [-0.39, 0.29) is 17.4 Å². The Kier molecular flexibility index (Phi) is 2.32. The SMILES string of the molecule is C=C(C)[C@@H]1C[C@@]2(C)C(=O)[C@@H]3C(OC)CC[C@@H]2[C@@H]31. The van der Waals surface area contributed by atoms with Gasteiger partial charge in [-0.15, -0.1) is 0 Å².